The summed E-state index contributed by atoms with van der Waals surface area (Å²) in [5, 5.41) is 10.7. The molecule has 8 nitrogen and oxygen atoms in total. The molecule has 4 aliphatic heterocycles. The number of anilines is 1. The standard InChI is InChI=1S/C32H35N5O3S/c1-19-14-26-30-29(23(19)16-28(38)39)21-7-8-27-24(15-21)20(10-13-40-27)6-4-3-5-12-36(2)22-17-37(18-22)32-33-11-9-25(35-32)31(34-26)41-30/h7-9,11,14-15,20,22H,3-6,10,12-13,16-18H2,1-2H3,(H,38,39). The van der Waals surface area contributed by atoms with Crippen molar-refractivity contribution in [1.29, 1.82) is 0 Å². The van der Waals surface area contributed by atoms with E-state index in [0.29, 0.717) is 12.0 Å². The Bertz CT molecular complexity index is 1630. The van der Waals surface area contributed by atoms with E-state index in [-0.39, 0.29) is 6.42 Å². The summed E-state index contributed by atoms with van der Waals surface area (Å²) < 4.78 is 7.09. The number of nitrogens with zero attached hydrogens (tertiary/aromatic N) is 5. The van der Waals surface area contributed by atoms with Gasteiger partial charge in [-0.2, -0.15) is 0 Å². The molecule has 1 fully saturated rings. The van der Waals surface area contributed by atoms with Gasteiger partial charge in [-0.1, -0.05) is 18.9 Å². The SMILES string of the molecule is Cc1cc2nc3sc2c(c1CC(=O)O)-c1ccc2c(c1)C(CCCCCN(C)C1CN(C1)c1nccc-3n1)CCO2. The Hall–Kier alpha value is -3.56. The molecular weight excluding hydrogens is 534 g/mol. The van der Waals surface area contributed by atoms with Crippen LogP contribution in [0.25, 0.3) is 32.0 Å². The van der Waals surface area contributed by atoms with Crippen LogP contribution in [0.3, 0.4) is 0 Å². The molecule has 1 atom stereocenters. The summed E-state index contributed by atoms with van der Waals surface area (Å²) in [5.41, 5.74) is 6.69. The van der Waals surface area contributed by atoms with Crippen LogP contribution in [-0.2, 0) is 11.2 Å². The third-order valence-corrected chi connectivity index (χ3v) is 10.1. The Balaban J connectivity index is 1.39. The average Bonchev–Trinajstić information content (AvgIpc) is 3.35. The van der Waals surface area contributed by atoms with Crippen molar-refractivity contribution in [2.75, 3.05) is 38.2 Å². The summed E-state index contributed by atoms with van der Waals surface area (Å²) in [5.74, 6) is 1.31. The monoisotopic (exact) mass is 569 g/mol. The van der Waals surface area contributed by atoms with Crippen LogP contribution in [-0.4, -0.2) is 70.3 Å². The minimum atomic E-state index is -0.835. The fourth-order valence-electron chi connectivity index (χ4n) is 6.58. The highest BCUT2D eigenvalue weighted by molar-refractivity contribution is 7.22. The lowest BCUT2D eigenvalue weighted by Gasteiger charge is -2.44. The van der Waals surface area contributed by atoms with Gasteiger partial charge in [-0.15, -0.1) is 11.3 Å². The van der Waals surface area contributed by atoms with Crippen LogP contribution >= 0.6 is 11.3 Å². The number of carbonyl (C=O) groups is 1. The van der Waals surface area contributed by atoms with Gasteiger partial charge in [0.25, 0.3) is 0 Å². The number of benzene rings is 2. The molecule has 0 spiro atoms. The predicted molar refractivity (Wildman–Crippen MR) is 162 cm³/mol. The van der Waals surface area contributed by atoms with E-state index >= 15 is 0 Å². The Labute approximate surface area is 244 Å². The van der Waals surface area contributed by atoms with E-state index in [1.54, 1.807) is 11.3 Å². The Morgan fingerprint density at radius 3 is 2.85 bits per heavy atom. The lowest BCUT2D eigenvalue weighted by molar-refractivity contribution is -0.136. The summed E-state index contributed by atoms with van der Waals surface area (Å²) >= 11 is 1.58. The normalized spacial score (nSPS) is 20.9. The maximum absolute atomic E-state index is 12.0. The molecule has 0 radical (unpaired) electrons. The number of likely N-dealkylation sites (N-methyl/N-ethyl adjacent to an activating group) is 1. The molecule has 6 heterocycles. The van der Waals surface area contributed by atoms with Gasteiger partial charge in [0.1, 0.15) is 16.5 Å². The number of aliphatic carboxylic acids is 1. The maximum atomic E-state index is 12.0. The second kappa shape index (κ2) is 10.7. The van der Waals surface area contributed by atoms with Crippen molar-refractivity contribution < 1.29 is 14.6 Å². The van der Waals surface area contributed by atoms with Crippen molar-refractivity contribution in [1.82, 2.24) is 19.9 Å². The number of fused-ring (bicyclic) bond motifs is 5. The molecule has 9 heteroatoms. The molecule has 8 rings (SSSR count). The number of aromatic nitrogens is 3. The Kier molecular flexibility index (Phi) is 6.87. The van der Waals surface area contributed by atoms with Crippen LogP contribution in [0.2, 0.25) is 0 Å². The molecule has 1 unspecified atom stereocenters. The Morgan fingerprint density at radius 1 is 1.12 bits per heavy atom. The van der Waals surface area contributed by atoms with Crippen molar-refractivity contribution >= 4 is 33.5 Å². The van der Waals surface area contributed by atoms with E-state index < -0.39 is 5.97 Å². The second-order valence-electron chi connectivity index (χ2n) is 11.7. The fraction of sp³-hybridized carbons (Fsp3) is 0.438. The first-order chi connectivity index (χ1) is 19.9. The minimum absolute atomic E-state index is 0.0381. The summed E-state index contributed by atoms with van der Waals surface area (Å²) in [4.78, 5) is 31.3. The average molecular weight is 570 g/mol. The molecule has 1 N–H and O–H groups in total. The first-order valence-electron chi connectivity index (χ1n) is 14.6. The number of thiazole rings is 1. The van der Waals surface area contributed by atoms with E-state index in [9.17, 15) is 9.90 Å². The molecule has 4 aliphatic rings. The number of carboxylic acids is 1. The molecule has 4 aromatic rings. The number of carboxylic acid groups (broad SMARTS) is 1. The molecule has 1 saturated heterocycles. The van der Waals surface area contributed by atoms with Crippen LogP contribution < -0.4 is 9.64 Å². The highest BCUT2D eigenvalue weighted by Gasteiger charge is 2.32. The van der Waals surface area contributed by atoms with Crippen molar-refractivity contribution in [3.05, 3.63) is 53.2 Å². The largest absolute Gasteiger partial charge is 0.493 e. The Morgan fingerprint density at radius 2 is 2.00 bits per heavy atom. The third-order valence-electron chi connectivity index (χ3n) is 9.00. The molecule has 41 heavy (non-hydrogen) atoms. The minimum Gasteiger partial charge on any atom is -0.493 e. The van der Waals surface area contributed by atoms with Crippen molar-refractivity contribution in [3.63, 3.8) is 0 Å². The van der Waals surface area contributed by atoms with Gasteiger partial charge in [0, 0.05) is 30.9 Å². The zero-order valence-corrected chi connectivity index (χ0v) is 24.4. The van der Waals surface area contributed by atoms with Crippen LogP contribution in [0.15, 0.2) is 36.5 Å². The summed E-state index contributed by atoms with van der Waals surface area (Å²) in [7, 11) is 2.24. The van der Waals surface area contributed by atoms with E-state index in [1.165, 1.54) is 24.8 Å². The summed E-state index contributed by atoms with van der Waals surface area (Å²) in [6.07, 6.45) is 7.53. The van der Waals surface area contributed by atoms with Gasteiger partial charge < -0.3 is 14.7 Å². The third kappa shape index (κ3) is 4.95. The van der Waals surface area contributed by atoms with Gasteiger partial charge in [0.2, 0.25) is 5.95 Å². The molecule has 2 aromatic heterocycles. The zero-order chi connectivity index (χ0) is 28.1. The first kappa shape index (κ1) is 26.3. The van der Waals surface area contributed by atoms with E-state index in [0.717, 1.165) is 94.0 Å². The molecule has 0 amide bonds. The lowest BCUT2D eigenvalue weighted by atomic mass is 9.85. The van der Waals surface area contributed by atoms with Crippen LogP contribution in [0, 0.1) is 6.92 Å². The number of hydrogen-bond acceptors (Lipinski definition) is 8. The van der Waals surface area contributed by atoms with Crippen molar-refractivity contribution in [2.24, 2.45) is 0 Å². The highest BCUT2D eigenvalue weighted by Crippen LogP contribution is 2.44. The molecule has 8 bridgehead atoms. The van der Waals surface area contributed by atoms with Crippen molar-refractivity contribution in [3.8, 4) is 27.6 Å². The number of rotatable bonds is 2. The molecule has 0 saturated carbocycles. The first-order valence-corrected chi connectivity index (χ1v) is 15.5. The quantitative estimate of drug-likeness (QED) is 0.318. The summed E-state index contributed by atoms with van der Waals surface area (Å²) in [6.45, 7) is 5.70. The van der Waals surface area contributed by atoms with Gasteiger partial charge in [-0.25, -0.2) is 15.0 Å². The maximum Gasteiger partial charge on any atom is 0.307 e. The fourth-order valence-corrected chi connectivity index (χ4v) is 7.69. The molecule has 0 aliphatic carbocycles. The number of hydrogen-bond donors (Lipinski definition) is 1. The van der Waals surface area contributed by atoms with Crippen molar-refractivity contribution in [2.45, 2.75) is 57.4 Å². The molecule has 212 valence electrons. The van der Waals surface area contributed by atoms with Crippen LogP contribution in [0.4, 0.5) is 5.95 Å². The van der Waals surface area contributed by atoms with Gasteiger partial charge in [-0.05, 0) is 92.2 Å². The summed E-state index contributed by atoms with van der Waals surface area (Å²) in [6, 6.07) is 10.9. The predicted octanol–water partition coefficient (Wildman–Crippen LogP) is 5.92. The lowest BCUT2D eigenvalue weighted by Crippen LogP contribution is -2.59. The van der Waals surface area contributed by atoms with Gasteiger partial charge in [0.15, 0.2) is 0 Å². The van der Waals surface area contributed by atoms with Crippen LogP contribution in [0.5, 0.6) is 5.75 Å². The molecule has 2 aromatic carbocycles. The van der Waals surface area contributed by atoms with Crippen LogP contribution in [0.1, 0.15) is 54.7 Å². The number of aryl methyl sites for hydroxylation is 1. The second-order valence-corrected chi connectivity index (χ2v) is 12.7. The van der Waals surface area contributed by atoms with E-state index in [1.807, 2.05) is 25.3 Å². The zero-order valence-electron chi connectivity index (χ0n) is 23.6. The van der Waals surface area contributed by atoms with Gasteiger partial charge in [-0.3, -0.25) is 9.69 Å². The topological polar surface area (TPSA) is 91.7 Å². The van der Waals surface area contributed by atoms with E-state index in [2.05, 4.69) is 40.0 Å². The van der Waals surface area contributed by atoms with E-state index in [4.69, 9.17) is 14.7 Å². The highest BCUT2D eigenvalue weighted by atomic mass is 32.1. The van der Waals surface area contributed by atoms with Gasteiger partial charge >= 0.3 is 5.97 Å². The smallest absolute Gasteiger partial charge is 0.307 e. The van der Waals surface area contributed by atoms with Gasteiger partial charge in [0.05, 0.1) is 23.2 Å². The number of ether oxygens (including phenoxy) is 1. The molecular formula is C32H35N5O3S.